The lowest BCUT2D eigenvalue weighted by molar-refractivity contribution is 0.127. The Morgan fingerprint density at radius 1 is 0.463 bits per heavy atom. The summed E-state index contributed by atoms with van der Waals surface area (Å²) in [5, 5.41) is 0. The van der Waals surface area contributed by atoms with Crippen molar-refractivity contribution in [2.75, 3.05) is 44.8 Å². The molecule has 0 aliphatic rings. The first kappa shape index (κ1) is 30.5. The average Bonchev–Trinajstić information content (AvgIpc) is 2.93. The van der Waals surface area contributed by atoms with Crippen LogP contribution in [0.5, 0.6) is 0 Å². The number of anilines is 2. The summed E-state index contributed by atoms with van der Waals surface area (Å²) in [6.45, 7) is 12.6. The monoisotopic (exact) mass is 546 g/mol. The molecule has 41 heavy (non-hydrogen) atoms. The summed E-state index contributed by atoms with van der Waals surface area (Å²) in [5.74, 6) is 0. The van der Waals surface area contributed by atoms with Gasteiger partial charge in [0.1, 0.15) is 6.79 Å². The highest BCUT2D eigenvalue weighted by Gasteiger charge is 2.31. The van der Waals surface area contributed by atoms with E-state index in [1.807, 2.05) is 0 Å². The molecule has 0 heterocycles. The zero-order chi connectivity index (χ0) is 29.8. The Kier molecular flexibility index (Phi) is 9.68. The highest BCUT2D eigenvalue weighted by molar-refractivity contribution is 6.82. The fraction of sp³-hybridized carbons (Fsp3) is 0.314. The summed E-state index contributed by atoms with van der Waals surface area (Å²) in [5.41, 5.74) is 14.4. The van der Waals surface area contributed by atoms with E-state index >= 15 is 0 Å². The molecular weight excluding hydrogens is 502 g/mol. The van der Waals surface area contributed by atoms with Gasteiger partial charge in [-0.15, -0.1) is 0 Å². The Hall–Kier alpha value is -3.47. The molecule has 0 aromatic heterocycles. The molecule has 0 bridgehead atoms. The first-order valence-corrected chi connectivity index (χ1v) is 14.4. The predicted octanol–water partition coefficient (Wildman–Crippen LogP) is 4.57. The van der Waals surface area contributed by atoms with Gasteiger partial charge in [0.25, 0.3) is 0 Å². The van der Waals surface area contributed by atoms with Crippen molar-refractivity contribution in [3.8, 4) is 0 Å². The maximum Gasteiger partial charge on any atom is 0.365 e. The molecule has 4 rings (SSSR count). The van der Waals surface area contributed by atoms with Gasteiger partial charge in [0, 0.05) is 39.6 Å². The maximum absolute atomic E-state index is 6.79. The standard InChI is InChI=1S/C35H44B2N2O2/c1-24-19-28(5)32(21-26(24)3)36(30-15-11-13-17-34(30)38(7)8)40-23-41-37(31-16-12-14-18-35(31)39(9)10)33-22-27(4)25(2)20-29(33)6/h11-22H,23H2,1-10H3. The van der Waals surface area contributed by atoms with Gasteiger partial charge >= 0.3 is 13.8 Å². The molecule has 0 fully saturated rings. The fourth-order valence-electron chi connectivity index (χ4n) is 5.63. The van der Waals surface area contributed by atoms with Gasteiger partial charge in [-0.2, -0.15) is 0 Å². The smallest absolute Gasteiger partial charge is 0.365 e. The van der Waals surface area contributed by atoms with E-state index in [0.29, 0.717) is 0 Å². The van der Waals surface area contributed by atoms with E-state index in [4.69, 9.17) is 9.31 Å². The largest absolute Gasteiger partial charge is 0.405 e. The van der Waals surface area contributed by atoms with Crippen molar-refractivity contribution < 1.29 is 9.31 Å². The molecule has 0 saturated carbocycles. The highest BCUT2D eigenvalue weighted by Crippen LogP contribution is 2.16. The van der Waals surface area contributed by atoms with E-state index in [-0.39, 0.29) is 20.6 Å². The van der Waals surface area contributed by atoms with Crippen LogP contribution in [-0.4, -0.2) is 48.8 Å². The Labute approximate surface area is 248 Å². The van der Waals surface area contributed by atoms with Crippen molar-refractivity contribution in [3.05, 3.63) is 106 Å². The first-order chi connectivity index (χ1) is 19.5. The van der Waals surface area contributed by atoms with Gasteiger partial charge in [-0.05, 0) is 97.8 Å². The Balaban J connectivity index is 1.77. The Morgan fingerprint density at radius 2 is 0.805 bits per heavy atom. The van der Waals surface area contributed by atoms with E-state index in [9.17, 15) is 0 Å². The molecule has 6 heteroatoms. The minimum atomic E-state index is -0.279. The summed E-state index contributed by atoms with van der Waals surface area (Å²) in [6.07, 6.45) is 0. The predicted molar refractivity (Wildman–Crippen MR) is 180 cm³/mol. The second kappa shape index (κ2) is 13.0. The summed E-state index contributed by atoms with van der Waals surface area (Å²) >= 11 is 0. The first-order valence-electron chi connectivity index (χ1n) is 14.4. The van der Waals surface area contributed by atoms with Gasteiger partial charge in [0.15, 0.2) is 0 Å². The molecular formula is C35H44B2N2O2. The Morgan fingerprint density at radius 3 is 1.17 bits per heavy atom. The molecule has 0 saturated heterocycles. The van der Waals surface area contributed by atoms with Gasteiger partial charge < -0.3 is 19.1 Å². The van der Waals surface area contributed by atoms with E-state index in [0.717, 1.165) is 22.3 Å². The van der Waals surface area contributed by atoms with Crippen LogP contribution in [0.25, 0.3) is 0 Å². The van der Waals surface area contributed by atoms with Gasteiger partial charge in [-0.3, -0.25) is 0 Å². The SMILES string of the molecule is Cc1cc(C)c(B(OCOB(c2cc(C)c(C)cc2C)c2ccccc2N(C)C)c2ccccc2N(C)C)cc1C. The number of aryl methyl sites for hydroxylation is 6. The lowest BCUT2D eigenvalue weighted by atomic mass is 9.52. The number of benzene rings is 4. The summed E-state index contributed by atoms with van der Waals surface area (Å²) in [7, 11) is 8.32. The van der Waals surface area contributed by atoms with Crippen molar-refractivity contribution in [1.29, 1.82) is 0 Å². The van der Waals surface area contributed by atoms with Crippen LogP contribution >= 0.6 is 0 Å². The van der Waals surface area contributed by atoms with Gasteiger partial charge in [-0.1, -0.05) is 71.8 Å². The molecule has 0 atom stereocenters. The molecule has 0 aliphatic heterocycles. The molecule has 4 aromatic rings. The quantitative estimate of drug-likeness (QED) is 0.215. The van der Waals surface area contributed by atoms with Gasteiger partial charge in [0.2, 0.25) is 0 Å². The minimum Gasteiger partial charge on any atom is -0.405 e. The lowest BCUT2D eigenvalue weighted by Gasteiger charge is -2.27. The van der Waals surface area contributed by atoms with Gasteiger partial charge in [0.05, 0.1) is 0 Å². The highest BCUT2D eigenvalue weighted by atomic mass is 16.6. The van der Waals surface area contributed by atoms with E-state index < -0.39 is 0 Å². The minimum absolute atomic E-state index is 0.136. The lowest BCUT2D eigenvalue weighted by Crippen LogP contribution is -2.51. The van der Waals surface area contributed by atoms with Crippen molar-refractivity contribution in [3.63, 3.8) is 0 Å². The second-order valence-electron chi connectivity index (χ2n) is 11.7. The van der Waals surface area contributed by atoms with Crippen LogP contribution in [0.1, 0.15) is 33.4 Å². The third-order valence-electron chi connectivity index (χ3n) is 8.20. The van der Waals surface area contributed by atoms with Crippen LogP contribution in [0.2, 0.25) is 0 Å². The van der Waals surface area contributed by atoms with Crippen molar-refractivity contribution in [1.82, 2.24) is 0 Å². The van der Waals surface area contributed by atoms with E-state index in [1.165, 1.54) is 44.3 Å². The number of hydrogen-bond acceptors (Lipinski definition) is 4. The average molecular weight is 546 g/mol. The van der Waals surface area contributed by atoms with E-state index in [2.05, 4.69) is 152 Å². The van der Waals surface area contributed by atoms with Crippen LogP contribution in [-0.2, 0) is 9.31 Å². The molecule has 0 aliphatic carbocycles. The second-order valence-corrected chi connectivity index (χ2v) is 11.7. The van der Waals surface area contributed by atoms with E-state index in [1.54, 1.807) is 0 Å². The summed E-state index contributed by atoms with van der Waals surface area (Å²) in [4.78, 5) is 4.30. The third-order valence-corrected chi connectivity index (χ3v) is 8.20. The van der Waals surface area contributed by atoms with Gasteiger partial charge in [-0.25, -0.2) is 0 Å². The number of hydrogen-bond donors (Lipinski definition) is 0. The Bertz CT molecular complexity index is 1400. The van der Waals surface area contributed by atoms with Crippen molar-refractivity contribution in [2.24, 2.45) is 0 Å². The van der Waals surface area contributed by atoms with Crippen LogP contribution in [0.4, 0.5) is 11.4 Å². The zero-order valence-electron chi connectivity index (χ0n) is 26.5. The summed E-state index contributed by atoms with van der Waals surface area (Å²) < 4.78 is 13.6. The van der Waals surface area contributed by atoms with Crippen LogP contribution in [0.15, 0.2) is 72.8 Å². The van der Waals surface area contributed by atoms with Crippen molar-refractivity contribution in [2.45, 2.75) is 41.5 Å². The van der Waals surface area contributed by atoms with Crippen LogP contribution < -0.4 is 31.7 Å². The number of para-hydroxylation sites is 2. The number of nitrogens with zero attached hydrogens (tertiary/aromatic N) is 2. The molecule has 4 aromatic carbocycles. The topological polar surface area (TPSA) is 24.9 Å². The van der Waals surface area contributed by atoms with Crippen LogP contribution in [0.3, 0.4) is 0 Å². The van der Waals surface area contributed by atoms with Crippen molar-refractivity contribution >= 4 is 47.1 Å². The maximum atomic E-state index is 6.79. The molecule has 0 N–H and O–H groups in total. The third kappa shape index (κ3) is 6.72. The number of rotatable bonds is 10. The van der Waals surface area contributed by atoms with Crippen LogP contribution in [0, 0.1) is 41.5 Å². The molecule has 0 radical (unpaired) electrons. The molecule has 212 valence electrons. The molecule has 0 unspecified atom stereocenters. The zero-order valence-corrected chi connectivity index (χ0v) is 26.5. The fourth-order valence-corrected chi connectivity index (χ4v) is 5.63. The molecule has 4 nitrogen and oxygen atoms in total. The summed E-state index contributed by atoms with van der Waals surface area (Å²) in [6, 6.07) is 26.0. The molecule has 0 amide bonds. The normalized spacial score (nSPS) is 11.0. The molecule has 0 spiro atoms.